The third-order valence-corrected chi connectivity index (χ3v) is 4.17. The Morgan fingerprint density at radius 2 is 2.05 bits per heavy atom. The van der Waals surface area contributed by atoms with E-state index < -0.39 is 5.60 Å². The molecule has 5 heteroatoms. The number of hydrogen-bond acceptors (Lipinski definition) is 4. The number of nitrogens with zero attached hydrogens (tertiary/aromatic N) is 3. The monoisotopic (exact) mass is 303 g/mol. The van der Waals surface area contributed by atoms with Crippen LogP contribution in [0.15, 0.2) is 17.2 Å². The van der Waals surface area contributed by atoms with Gasteiger partial charge in [-0.2, -0.15) is 0 Å². The second-order valence-electron chi connectivity index (χ2n) is 6.62. The van der Waals surface area contributed by atoms with Crippen LogP contribution in [-0.4, -0.2) is 25.2 Å². The van der Waals surface area contributed by atoms with E-state index in [4.69, 9.17) is 0 Å². The summed E-state index contributed by atoms with van der Waals surface area (Å²) in [5, 5.41) is 11.2. The van der Waals surface area contributed by atoms with Crippen molar-refractivity contribution >= 4 is 11.0 Å². The van der Waals surface area contributed by atoms with Crippen LogP contribution in [0.2, 0.25) is 0 Å². The Morgan fingerprint density at radius 3 is 2.64 bits per heavy atom. The minimum absolute atomic E-state index is 0.142. The van der Waals surface area contributed by atoms with Gasteiger partial charge in [-0.05, 0) is 44.2 Å². The van der Waals surface area contributed by atoms with Gasteiger partial charge in [-0.25, -0.2) is 9.97 Å². The summed E-state index contributed by atoms with van der Waals surface area (Å²) in [4.78, 5) is 21.3. The van der Waals surface area contributed by atoms with Crippen molar-refractivity contribution in [3.63, 3.8) is 0 Å². The molecule has 0 saturated heterocycles. The van der Waals surface area contributed by atoms with Gasteiger partial charge in [0.05, 0.1) is 17.5 Å². The lowest BCUT2D eigenvalue weighted by Gasteiger charge is -2.29. The molecule has 0 amide bonds. The van der Waals surface area contributed by atoms with Gasteiger partial charge in [0.1, 0.15) is 6.33 Å². The van der Waals surface area contributed by atoms with E-state index in [0.29, 0.717) is 29.8 Å². The molecule has 5 nitrogen and oxygen atoms in total. The highest BCUT2D eigenvalue weighted by Gasteiger charge is 2.27. The predicted molar refractivity (Wildman–Crippen MR) is 88.0 cm³/mol. The van der Waals surface area contributed by atoms with E-state index in [1.54, 1.807) is 0 Å². The van der Waals surface area contributed by atoms with Crippen molar-refractivity contribution in [2.24, 2.45) is 5.92 Å². The third kappa shape index (κ3) is 3.35. The lowest BCUT2D eigenvalue weighted by atomic mass is 9.90. The van der Waals surface area contributed by atoms with Gasteiger partial charge in [0.15, 0.2) is 5.65 Å². The van der Waals surface area contributed by atoms with Gasteiger partial charge in [0, 0.05) is 5.69 Å². The Hall–Kier alpha value is -1.75. The van der Waals surface area contributed by atoms with Crippen molar-refractivity contribution in [2.45, 2.75) is 59.6 Å². The Labute approximate surface area is 131 Å². The number of aromatic nitrogens is 3. The van der Waals surface area contributed by atoms with Gasteiger partial charge in [0.2, 0.25) is 0 Å². The first-order valence-corrected chi connectivity index (χ1v) is 7.81. The summed E-state index contributed by atoms with van der Waals surface area (Å²) in [6.45, 7) is 10.2. The van der Waals surface area contributed by atoms with Crippen molar-refractivity contribution in [3.05, 3.63) is 34.0 Å². The first kappa shape index (κ1) is 16.6. The Morgan fingerprint density at radius 1 is 1.36 bits per heavy atom. The van der Waals surface area contributed by atoms with Crippen LogP contribution in [0.5, 0.6) is 0 Å². The molecule has 120 valence electrons. The third-order valence-electron chi connectivity index (χ3n) is 4.17. The normalized spacial score (nSPS) is 14.5. The van der Waals surface area contributed by atoms with E-state index >= 15 is 0 Å². The highest BCUT2D eigenvalue weighted by atomic mass is 16.3. The molecule has 0 fully saturated rings. The zero-order valence-electron chi connectivity index (χ0n) is 14.1. The van der Waals surface area contributed by atoms with Crippen molar-refractivity contribution < 1.29 is 5.11 Å². The van der Waals surface area contributed by atoms with E-state index in [9.17, 15) is 9.90 Å². The number of aryl methyl sites for hydroxylation is 2. The van der Waals surface area contributed by atoms with Crippen LogP contribution >= 0.6 is 0 Å². The van der Waals surface area contributed by atoms with Crippen molar-refractivity contribution in [1.82, 2.24) is 14.5 Å². The summed E-state index contributed by atoms with van der Waals surface area (Å²) in [5.41, 5.74) is 1.28. The van der Waals surface area contributed by atoms with Crippen LogP contribution < -0.4 is 5.56 Å². The average molecular weight is 303 g/mol. The fraction of sp³-hybridized carbons (Fsp3) is 0.588. The smallest absolute Gasteiger partial charge is 0.262 e. The molecule has 0 saturated carbocycles. The summed E-state index contributed by atoms with van der Waals surface area (Å²) >= 11 is 0. The first-order chi connectivity index (χ1) is 10.3. The molecule has 2 aromatic heterocycles. The SMILES string of the molecule is CCC(O)(CC(C)C)Cn1cnc2nc(C)c(C)cc2c1=O. The molecule has 1 atom stereocenters. The lowest BCUT2D eigenvalue weighted by Crippen LogP contribution is -2.38. The summed E-state index contributed by atoms with van der Waals surface area (Å²) in [6, 6.07) is 1.83. The molecule has 2 aromatic rings. The molecule has 22 heavy (non-hydrogen) atoms. The molecule has 2 heterocycles. The molecule has 0 aliphatic rings. The van der Waals surface area contributed by atoms with E-state index in [-0.39, 0.29) is 12.1 Å². The average Bonchev–Trinajstić information content (AvgIpc) is 2.44. The molecular formula is C17H25N3O2. The maximum absolute atomic E-state index is 12.6. The van der Waals surface area contributed by atoms with Crippen LogP contribution in [0, 0.1) is 19.8 Å². The molecule has 2 rings (SSSR count). The highest BCUT2D eigenvalue weighted by molar-refractivity contribution is 5.74. The summed E-state index contributed by atoms with van der Waals surface area (Å²) in [5.74, 6) is 0.362. The molecule has 1 unspecified atom stereocenters. The standard InChI is InChI=1S/C17H25N3O2/c1-6-17(22,8-11(2)3)9-20-10-18-15-14(16(20)21)7-12(4)13(5)19-15/h7,10-11,22H,6,8-9H2,1-5H3. The van der Waals surface area contributed by atoms with Crippen molar-refractivity contribution in [3.8, 4) is 0 Å². The lowest BCUT2D eigenvalue weighted by molar-refractivity contribution is -0.00139. The molecule has 0 bridgehead atoms. The van der Waals surface area contributed by atoms with Gasteiger partial charge in [-0.1, -0.05) is 20.8 Å². The Balaban J connectivity index is 2.46. The van der Waals surface area contributed by atoms with E-state index in [0.717, 1.165) is 11.3 Å². The second-order valence-corrected chi connectivity index (χ2v) is 6.62. The highest BCUT2D eigenvalue weighted by Crippen LogP contribution is 2.22. The zero-order chi connectivity index (χ0) is 16.5. The molecule has 0 spiro atoms. The quantitative estimate of drug-likeness (QED) is 0.922. The van der Waals surface area contributed by atoms with Crippen LogP contribution in [-0.2, 0) is 6.54 Å². The van der Waals surface area contributed by atoms with Gasteiger partial charge < -0.3 is 5.11 Å². The van der Waals surface area contributed by atoms with E-state index in [1.807, 2.05) is 26.8 Å². The predicted octanol–water partition coefficient (Wildman–Crippen LogP) is 2.60. The molecule has 0 aromatic carbocycles. The molecule has 0 aliphatic heterocycles. The minimum Gasteiger partial charge on any atom is -0.388 e. The number of rotatable bonds is 5. The largest absolute Gasteiger partial charge is 0.388 e. The molecule has 0 aliphatic carbocycles. The summed E-state index contributed by atoms with van der Waals surface area (Å²) in [6.07, 6.45) is 2.74. The summed E-state index contributed by atoms with van der Waals surface area (Å²) < 4.78 is 1.50. The van der Waals surface area contributed by atoms with Crippen molar-refractivity contribution in [1.29, 1.82) is 0 Å². The van der Waals surface area contributed by atoms with Crippen LogP contribution in [0.25, 0.3) is 11.0 Å². The van der Waals surface area contributed by atoms with Crippen LogP contribution in [0.1, 0.15) is 44.9 Å². The number of pyridine rings is 1. The maximum Gasteiger partial charge on any atom is 0.262 e. The number of aliphatic hydroxyl groups is 1. The number of fused-ring (bicyclic) bond motifs is 1. The van der Waals surface area contributed by atoms with Crippen LogP contribution in [0.4, 0.5) is 0 Å². The first-order valence-electron chi connectivity index (χ1n) is 7.81. The minimum atomic E-state index is -0.888. The zero-order valence-corrected chi connectivity index (χ0v) is 14.1. The Kier molecular flexibility index (Phi) is 4.66. The molecule has 0 radical (unpaired) electrons. The maximum atomic E-state index is 12.6. The number of hydrogen-bond donors (Lipinski definition) is 1. The summed E-state index contributed by atoms with van der Waals surface area (Å²) in [7, 11) is 0. The van der Waals surface area contributed by atoms with Crippen molar-refractivity contribution in [2.75, 3.05) is 0 Å². The van der Waals surface area contributed by atoms with Gasteiger partial charge in [-0.15, -0.1) is 0 Å². The van der Waals surface area contributed by atoms with E-state index in [1.165, 1.54) is 10.9 Å². The fourth-order valence-corrected chi connectivity index (χ4v) is 2.79. The molecule has 1 N–H and O–H groups in total. The van der Waals surface area contributed by atoms with Gasteiger partial charge in [0.25, 0.3) is 5.56 Å². The molecular weight excluding hydrogens is 278 g/mol. The van der Waals surface area contributed by atoms with Gasteiger partial charge in [-0.3, -0.25) is 9.36 Å². The Bertz CT molecular complexity index is 736. The second kappa shape index (κ2) is 6.16. The fourth-order valence-electron chi connectivity index (χ4n) is 2.79. The van der Waals surface area contributed by atoms with Gasteiger partial charge >= 0.3 is 0 Å². The van der Waals surface area contributed by atoms with E-state index in [2.05, 4.69) is 23.8 Å². The van der Waals surface area contributed by atoms with Crippen LogP contribution in [0.3, 0.4) is 0 Å². The topological polar surface area (TPSA) is 68.0 Å².